The fraction of sp³-hybridized carbons (Fsp3) is 0.455. The third kappa shape index (κ3) is 4.00. The lowest BCUT2D eigenvalue weighted by Crippen LogP contribution is -2.61. The maximum Gasteiger partial charge on any atom is 0.225 e. The summed E-state index contributed by atoms with van der Waals surface area (Å²) in [7, 11) is 3.33. The van der Waals surface area contributed by atoms with Crippen LogP contribution in [0.3, 0.4) is 0 Å². The normalized spacial score (nSPS) is 20.6. The molecule has 1 fully saturated rings. The molecule has 154 valence electrons. The lowest BCUT2D eigenvalue weighted by atomic mass is 9.83. The van der Waals surface area contributed by atoms with Crippen molar-refractivity contribution in [3.63, 3.8) is 0 Å². The van der Waals surface area contributed by atoms with Gasteiger partial charge in [-0.1, -0.05) is 12.1 Å². The number of rotatable bonds is 6. The lowest BCUT2D eigenvalue weighted by molar-refractivity contribution is -0.126. The molecule has 2 aliphatic heterocycles. The summed E-state index contributed by atoms with van der Waals surface area (Å²) in [6, 6.07) is 12.2. The van der Waals surface area contributed by atoms with E-state index >= 15 is 0 Å². The first-order valence-corrected chi connectivity index (χ1v) is 10.1. The van der Waals surface area contributed by atoms with Crippen LogP contribution < -0.4 is 19.9 Å². The predicted molar refractivity (Wildman–Crippen MR) is 113 cm³/mol. The van der Waals surface area contributed by atoms with Gasteiger partial charge in [-0.05, 0) is 30.2 Å². The largest absolute Gasteiger partial charge is 0.497 e. The molecule has 0 radical (unpaired) electrons. The number of nitrogens with zero attached hydrogens (tertiary/aromatic N) is 3. The number of carbonyl (C=O) groups excluding carboxylic acids is 1. The summed E-state index contributed by atoms with van der Waals surface area (Å²) in [6.45, 7) is 3.50. The zero-order chi connectivity index (χ0) is 20.2. The van der Waals surface area contributed by atoms with Gasteiger partial charge in [0.15, 0.2) is 0 Å². The number of pyridine rings is 1. The van der Waals surface area contributed by atoms with Gasteiger partial charge in [0, 0.05) is 51.2 Å². The first-order chi connectivity index (χ1) is 14.2. The summed E-state index contributed by atoms with van der Waals surface area (Å²) in [4.78, 5) is 22.2. The molecule has 1 amide bonds. The zero-order valence-corrected chi connectivity index (χ0v) is 17.0. The first kappa shape index (κ1) is 19.5. The van der Waals surface area contributed by atoms with Crippen LogP contribution in [0.15, 0.2) is 42.6 Å². The van der Waals surface area contributed by atoms with E-state index < -0.39 is 0 Å². The van der Waals surface area contributed by atoms with Gasteiger partial charge in [0.25, 0.3) is 0 Å². The molecular weight excluding hydrogens is 368 g/mol. The number of fused-ring (bicyclic) bond motifs is 3. The molecule has 2 atom stereocenters. The molecule has 7 nitrogen and oxygen atoms in total. The van der Waals surface area contributed by atoms with Crippen LogP contribution in [0.5, 0.6) is 5.75 Å². The van der Waals surface area contributed by atoms with Crippen LogP contribution in [0.25, 0.3) is 0 Å². The molecule has 1 N–H and O–H groups in total. The summed E-state index contributed by atoms with van der Waals surface area (Å²) in [5.41, 5.74) is 2.37. The Morgan fingerprint density at radius 3 is 2.90 bits per heavy atom. The Hall–Kier alpha value is -2.80. The van der Waals surface area contributed by atoms with E-state index in [2.05, 4.69) is 32.2 Å². The van der Waals surface area contributed by atoms with Crippen molar-refractivity contribution in [1.82, 2.24) is 10.3 Å². The molecule has 1 saturated heterocycles. The number of ether oxygens (including phenoxy) is 2. The smallest absolute Gasteiger partial charge is 0.225 e. The first-order valence-electron chi connectivity index (χ1n) is 10.1. The van der Waals surface area contributed by atoms with E-state index in [0.29, 0.717) is 13.2 Å². The Morgan fingerprint density at radius 1 is 1.24 bits per heavy atom. The maximum atomic E-state index is 13.1. The van der Waals surface area contributed by atoms with E-state index in [0.717, 1.165) is 37.6 Å². The summed E-state index contributed by atoms with van der Waals surface area (Å²) in [5.74, 6) is 1.76. The van der Waals surface area contributed by atoms with E-state index in [1.165, 1.54) is 11.3 Å². The lowest BCUT2D eigenvalue weighted by Gasteiger charge is -2.49. The molecule has 1 aromatic heterocycles. The minimum atomic E-state index is -0.126. The van der Waals surface area contributed by atoms with Gasteiger partial charge in [-0.15, -0.1) is 0 Å². The number of anilines is 2. The topological polar surface area (TPSA) is 66.9 Å². The van der Waals surface area contributed by atoms with Crippen molar-refractivity contribution < 1.29 is 14.3 Å². The van der Waals surface area contributed by atoms with Crippen LogP contribution in [0, 0.1) is 5.92 Å². The highest BCUT2D eigenvalue weighted by atomic mass is 16.5. The van der Waals surface area contributed by atoms with Gasteiger partial charge in [-0.3, -0.25) is 4.79 Å². The monoisotopic (exact) mass is 396 g/mol. The number of nitrogens with one attached hydrogen (secondary N) is 1. The summed E-state index contributed by atoms with van der Waals surface area (Å²) in [5, 5.41) is 3.04. The van der Waals surface area contributed by atoms with Gasteiger partial charge >= 0.3 is 0 Å². The fourth-order valence-corrected chi connectivity index (χ4v) is 4.36. The van der Waals surface area contributed by atoms with Crippen molar-refractivity contribution in [2.24, 2.45) is 5.92 Å². The van der Waals surface area contributed by atoms with Crippen molar-refractivity contribution in [2.75, 3.05) is 56.8 Å². The molecule has 1 aromatic carbocycles. The van der Waals surface area contributed by atoms with Crippen LogP contribution in [0.4, 0.5) is 11.5 Å². The number of hydrogen-bond acceptors (Lipinski definition) is 6. The van der Waals surface area contributed by atoms with E-state index in [1.807, 2.05) is 30.5 Å². The van der Waals surface area contributed by atoms with Crippen molar-refractivity contribution in [3.8, 4) is 5.75 Å². The molecule has 0 aliphatic carbocycles. The van der Waals surface area contributed by atoms with E-state index in [1.54, 1.807) is 14.2 Å². The van der Waals surface area contributed by atoms with Crippen molar-refractivity contribution in [3.05, 3.63) is 48.2 Å². The summed E-state index contributed by atoms with van der Waals surface area (Å²) >= 11 is 0. The fourth-order valence-electron chi connectivity index (χ4n) is 4.36. The maximum absolute atomic E-state index is 13.1. The second-order valence-corrected chi connectivity index (χ2v) is 7.48. The number of carbonyl (C=O) groups is 1. The molecule has 7 heteroatoms. The molecule has 0 spiro atoms. The second kappa shape index (κ2) is 8.69. The number of methoxy groups -OCH3 is 2. The number of piperazine rings is 1. The van der Waals surface area contributed by atoms with Gasteiger partial charge in [0.2, 0.25) is 5.91 Å². The predicted octanol–water partition coefficient (Wildman–Crippen LogP) is 1.72. The van der Waals surface area contributed by atoms with Crippen LogP contribution >= 0.6 is 0 Å². The van der Waals surface area contributed by atoms with Crippen molar-refractivity contribution >= 4 is 17.4 Å². The minimum absolute atomic E-state index is 0.0768. The molecule has 0 unspecified atom stereocenters. The molecule has 0 saturated carbocycles. The third-order valence-electron chi connectivity index (χ3n) is 5.84. The van der Waals surface area contributed by atoms with Gasteiger partial charge < -0.3 is 24.6 Å². The summed E-state index contributed by atoms with van der Waals surface area (Å²) < 4.78 is 10.5. The van der Waals surface area contributed by atoms with Gasteiger partial charge in [0.05, 0.1) is 25.7 Å². The van der Waals surface area contributed by atoms with Crippen molar-refractivity contribution in [1.29, 1.82) is 0 Å². The van der Waals surface area contributed by atoms with Crippen LogP contribution in [0.1, 0.15) is 5.56 Å². The highest BCUT2D eigenvalue weighted by Gasteiger charge is 2.41. The van der Waals surface area contributed by atoms with Gasteiger partial charge in [-0.25, -0.2) is 4.98 Å². The highest BCUT2D eigenvalue weighted by Crippen LogP contribution is 2.38. The number of aromatic nitrogens is 1. The molecule has 29 heavy (non-hydrogen) atoms. The van der Waals surface area contributed by atoms with Crippen LogP contribution in [0.2, 0.25) is 0 Å². The standard InChI is InChI=1S/C22H28N4O3/c1-28-12-9-24-22(27)18-13-16-6-7-17(29-2)14-19(16)26-11-10-25(15-20(18)26)21-5-3-4-8-23-21/h3-8,14,18,20H,9-13,15H2,1-2H3,(H,24,27)/t18-,20-/m1/s1. The van der Waals surface area contributed by atoms with E-state index in [9.17, 15) is 4.79 Å². The quantitative estimate of drug-likeness (QED) is 0.750. The number of amides is 1. The SMILES string of the molecule is COCCNC(=O)[C@@H]1Cc2ccc(OC)cc2N2CCN(c3ccccn3)C[C@H]12. The Kier molecular flexibility index (Phi) is 5.85. The highest BCUT2D eigenvalue weighted by molar-refractivity contribution is 5.82. The molecule has 0 bridgehead atoms. The number of hydrogen-bond donors (Lipinski definition) is 1. The Labute approximate surface area is 171 Å². The second-order valence-electron chi connectivity index (χ2n) is 7.48. The molecule has 2 aromatic rings. The molecular formula is C22H28N4O3. The Morgan fingerprint density at radius 2 is 2.14 bits per heavy atom. The Bertz CT molecular complexity index is 845. The van der Waals surface area contributed by atoms with E-state index in [-0.39, 0.29) is 17.9 Å². The average molecular weight is 396 g/mol. The average Bonchev–Trinajstić information content (AvgIpc) is 2.78. The minimum Gasteiger partial charge on any atom is -0.497 e. The molecule has 4 rings (SSSR count). The third-order valence-corrected chi connectivity index (χ3v) is 5.84. The summed E-state index contributed by atoms with van der Waals surface area (Å²) in [6.07, 6.45) is 2.53. The number of benzene rings is 1. The van der Waals surface area contributed by atoms with Crippen LogP contribution in [-0.2, 0) is 16.0 Å². The molecule has 3 heterocycles. The molecule has 2 aliphatic rings. The Balaban J connectivity index is 1.62. The van der Waals surface area contributed by atoms with Gasteiger partial charge in [-0.2, -0.15) is 0 Å². The zero-order valence-electron chi connectivity index (χ0n) is 17.0. The van der Waals surface area contributed by atoms with Crippen LogP contribution in [-0.4, -0.2) is 63.9 Å². The van der Waals surface area contributed by atoms with Crippen molar-refractivity contribution in [2.45, 2.75) is 12.5 Å². The van der Waals surface area contributed by atoms with Gasteiger partial charge in [0.1, 0.15) is 11.6 Å². The van der Waals surface area contributed by atoms with E-state index in [4.69, 9.17) is 9.47 Å².